The molecule has 1 amide bonds. The van der Waals surface area contributed by atoms with Gasteiger partial charge in [-0.25, -0.2) is 0 Å². The van der Waals surface area contributed by atoms with Gasteiger partial charge >= 0.3 is 0 Å². The summed E-state index contributed by atoms with van der Waals surface area (Å²) in [5, 5.41) is 6.32. The first kappa shape index (κ1) is 20.0. The van der Waals surface area contributed by atoms with Crippen molar-refractivity contribution < 1.29 is 9.53 Å². The highest BCUT2D eigenvalue weighted by Crippen LogP contribution is 2.28. The Hall–Kier alpha value is -1.30. The van der Waals surface area contributed by atoms with E-state index >= 15 is 0 Å². The summed E-state index contributed by atoms with van der Waals surface area (Å²) in [5.41, 5.74) is 0. The number of aliphatic imine (C=N–C) groups is 1. The minimum atomic E-state index is 0.186. The number of nitrogens with one attached hydrogen (secondary N) is 2. The van der Waals surface area contributed by atoms with E-state index in [1.54, 1.807) is 7.05 Å². The second kappa shape index (κ2) is 11.3. The number of carbonyl (C=O) groups excluding carboxylic acids is 1. The molecule has 0 saturated heterocycles. The monoisotopic (exact) mass is 352 g/mol. The number of carbonyl (C=O) groups is 1. The lowest BCUT2D eigenvalue weighted by molar-refractivity contribution is -0.122. The molecular formula is C19H36N4O2. The lowest BCUT2D eigenvalue weighted by Crippen LogP contribution is -2.43. The van der Waals surface area contributed by atoms with Crippen LogP contribution < -0.4 is 10.6 Å². The maximum atomic E-state index is 12.0. The average molecular weight is 353 g/mol. The predicted octanol–water partition coefficient (Wildman–Crippen LogP) is 2.01. The van der Waals surface area contributed by atoms with Gasteiger partial charge in [0.05, 0.1) is 6.61 Å². The number of hydrogen-bond donors (Lipinski definition) is 2. The number of nitrogens with zero attached hydrogens (tertiary/aromatic N) is 2. The standard InChI is InChI=1S/C19H36N4O2/c1-20-19(23(2)12-13-25-15-17-8-9-17)22-11-10-21-18(24)14-16-6-4-3-5-7-16/h16-17H,3-15H2,1-2H3,(H,20,22)(H,21,24). The Bertz CT molecular complexity index is 418. The maximum absolute atomic E-state index is 12.0. The molecule has 2 N–H and O–H groups in total. The average Bonchev–Trinajstić information content (AvgIpc) is 3.44. The minimum Gasteiger partial charge on any atom is -0.379 e. The number of guanidine groups is 1. The summed E-state index contributed by atoms with van der Waals surface area (Å²) < 4.78 is 5.67. The van der Waals surface area contributed by atoms with E-state index in [0.29, 0.717) is 25.4 Å². The summed E-state index contributed by atoms with van der Waals surface area (Å²) in [6.45, 7) is 3.77. The van der Waals surface area contributed by atoms with E-state index in [4.69, 9.17) is 4.74 Å². The molecule has 2 aliphatic rings. The highest BCUT2D eigenvalue weighted by molar-refractivity contribution is 5.79. The van der Waals surface area contributed by atoms with E-state index in [0.717, 1.165) is 31.6 Å². The van der Waals surface area contributed by atoms with Gasteiger partial charge in [0, 0.05) is 46.8 Å². The van der Waals surface area contributed by atoms with Crippen molar-refractivity contribution in [3.8, 4) is 0 Å². The van der Waals surface area contributed by atoms with Crippen molar-refractivity contribution in [3.05, 3.63) is 0 Å². The number of hydrogen-bond acceptors (Lipinski definition) is 3. The van der Waals surface area contributed by atoms with Gasteiger partial charge in [-0.05, 0) is 37.5 Å². The third kappa shape index (κ3) is 8.56. The van der Waals surface area contributed by atoms with Crippen molar-refractivity contribution >= 4 is 11.9 Å². The van der Waals surface area contributed by atoms with Crippen molar-refractivity contribution in [3.63, 3.8) is 0 Å². The second-order valence-corrected chi connectivity index (χ2v) is 7.47. The number of likely N-dealkylation sites (N-methyl/N-ethyl adjacent to an activating group) is 1. The summed E-state index contributed by atoms with van der Waals surface area (Å²) >= 11 is 0. The van der Waals surface area contributed by atoms with Crippen LogP contribution in [-0.4, -0.2) is 63.7 Å². The molecule has 0 heterocycles. The molecular weight excluding hydrogens is 316 g/mol. The third-order valence-electron chi connectivity index (χ3n) is 5.12. The molecule has 0 aromatic heterocycles. The van der Waals surface area contributed by atoms with Gasteiger partial charge in [-0.3, -0.25) is 9.79 Å². The molecule has 0 aromatic rings. The van der Waals surface area contributed by atoms with E-state index in [1.807, 2.05) is 7.05 Å². The van der Waals surface area contributed by atoms with Gasteiger partial charge in [0.1, 0.15) is 0 Å². The number of ether oxygens (including phenoxy) is 1. The maximum Gasteiger partial charge on any atom is 0.220 e. The molecule has 0 bridgehead atoms. The lowest BCUT2D eigenvalue weighted by Gasteiger charge is -2.22. The van der Waals surface area contributed by atoms with Crippen molar-refractivity contribution in [2.45, 2.75) is 51.4 Å². The van der Waals surface area contributed by atoms with E-state index in [1.165, 1.54) is 44.9 Å². The first-order valence-corrected chi connectivity index (χ1v) is 9.95. The topological polar surface area (TPSA) is 66.0 Å². The van der Waals surface area contributed by atoms with E-state index < -0.39 is 0 Å². The molecule has 2 saturated carbocycles. The van der Waals surface area contributed by atoms with Crippen LogP contribution in [0.2, 0.25) is 0 Å². The molecule has 0 aliphatic heterocycles. The molecule has 0 radical (unpaired) electrons. The zero-order chi connectivity index (χ0) is 17.9. The van der Waals surface area contributed by atoms with Crippen molar-refractivity contribution in [2.75, 3.05) is 46.9 Å². The molecule has 25 heavy (non-hydrogen) atoms. The summed E-state index contributed by atoms with van der Waals surface area (Å²) in [6.07, 6.45) is 9.67. The van der Waals surface area contributed by atoms with Crippen LogP contribution in [0.3, 0.4) is 0 Å². The fraction of sp³-hybridized carbons (Fsp3) is 0.895. The Balaban J connectivity index is 1.51. The van der Waals surface area contributed by atoms with E-state index in [2.05, 4.69) is 20.5 Å². The summed E-state index contributed by atoms with van der Waals surface area (Å²) in [7, 11) is 3.79. The fourth-order valence-corrected chi connectivity index (χ4v) is 3.33. The molecule has 6 nitrogen and oxygen atoms in total. The molecule has 0 atom stereocenters. The van der Waals surface area contributed by atoms with Gasteiger partial charge in [-0.2, -0.15) is 0 Å². The van der Waals surface area contributed by atoms with Gasteiger partial charge in [0.25, 0.3) is 0 Å². The lowest BCUT2D eigenvalue weighted by atomic mass is 9.87. The van der Waals surface area contributed by atoms with Crippen molar-refractivity contribution in [1.82, 2.24) is 15.5 Å². The first-order chi connectivity index (χ1) is 12.2. The molecule has 6 heteroatoms. The summed E-state index contributed by atoms with van der Waals surface area (Å²) in [6, 6.07) is 0. The van der Waals surface area contributed by atoms with Crippen LogP contribution in [0.5, 0.6) is 0 Å². The smallest absolute Gasteiger partial charge is 0.220 e. The normalized spacial score (nSPS) is 18.9. The van der Waals surface area contributed by atoms with Gasteiger partial charge in [-0.15, -0.1) is 0 Å². The zero-order valence-electron chi connectivity index (χ0n) is 16.1. The van der Waals surface area contributed by atoms with Crippen LogP contribution in [0.15, 0.2) is 4.99 Å². The van der Waals surface area contributed by atoms with Crippen LogP contribution in [0.25, 0.3) is 0 Å². The Morgan fingerprint density at radius 2 is 1.80 bits per heavy atom. The number of amides is 1. The van der Waals surface area contributed by atoms with Crippen LogP contribution >= 0.6 is 0 Å². The van der Waals surface area contributed by atoms with Crippen LogP contribution in [0.4, 0.5) is 0 Å². The summed E-state index contributed by atoms with van der Waals surface area (Å²) in [4.78, 5) is 18.4. The fourth-order valence-electron chi connectivity index (χ4n) is 3.33. The highest BCUT2D eigenvalue weighted by Gasteiger charge is 2.21. The van der Waals surface area contributed by atoms with Gasteiger partial charge in [0.15, 0.2) is 5.96 Å². The predicted molar refractivity (Wildman–Crippen MR) is 102 cm³/mol. The molecule has 144 valence electrons. The zero-order valence-corrected chi connectivity index (χ0v) is 16.1. The van der Waals surface area contributed by atoms with Gasteiger partial charge in [0.2, 0.25) is 5.91 Å². The Morgan fingerprint density at radius 3 is 2.48 bits per heavy atom. The Labute approximate surface area is 152 Å². The number of rotatable bonds is 10. The van der Waals surface area contributed by atoms with Crippen molar-refractivity contribution in [1.29, 1.82) is 0 Å². The highest BCUT2D eigenvalue weighted by atomic mass is 16.5. The van der Waals surface area contributed by atoms with Gasteiger partial charge < -0.3 is 20.3 Å². The Kier molecular flexibility index (Phi) is 9.08. The molecule has 0 spiro atoms. The second-order valence-electron chi connectivity index (χ2n) is 7.47. The quantitative estimate of drug-likeness (QED) is 0.359. The Morgan fingerprint density at radius 1 is 1.08 bits per heavy atom. The summed E-state index contributed by atoms with van der Waals surface area (Å²) in [5.74, 6) is 2.43. The SMILES string of the molecule is CN=C(NCCNC(=O)CC1CCCCC1)N(C)CCOCC1CC1. The molecule has 0 unspecified atom stereocenters. The molecule has 0 aromatic carbocycles. The third-order valence-corrected chi connectivity index (χ3v) is 5.12. The molecule has 2 rings (SSSR count). The first-order valence-electron chi connectivity index (χ1n) is 9.95. The van der Waals surface area contributed by atoms with Crippen molar-refractivity contribution in [2.24, 2.45) is 16.8 Å². The van der Waals surface area contributed by atoms with E-state index in [-0.39, 0.29) is 5.91 Å². The largest absolute Gasteiger partial charge is 0.379 e. The molecule has 2 aliphatic carbocycles. The minimum absolute atomic E-state index is 0.186. The van der Waals surface area contributed by atoms with Crippen LogP contribution in [0, 0.1) is 11.8 Å². The van der Waals surface area contributed by atoms with Crippen LogP contribution in [0.1, 0.15) is 51.4 Å². The molecule has 2 fully saturated rings. The van der Waals surface area contributed by atoms with Gasteiger partial charge in [-0.1, -0.05) is 19.3 Å². The van der Waals surface area contributed by atoms with Crippen LogP contribution in [-0.2, 0) is 9.53 Å². The van der Waals surface area contributed by atoms with E-state index in [9.17, 15) is 4.79 Å².